The zero-order valence-corrected chi connectivity index (χ0v) is 13.0. The zero-order valence-electron chi connectivity index (χ0n) is 12.2. The van der Waals surface area contributed by atoms with Crippen molar-refractivity contribution in [2.45, 2.75) is 25.9 Å². The van der Waals surface area contributed by atoms with Crippen molar-refractivity contribution in [1.29, 1.82) is 0 Å². The van der Waals surface area contributed by atoms with Gasteiger partial charge in [-0.3, -0.25) is 4.79 Å². The minimum absolute atomic E-state index is 0.0916. The Morgan fingerprint density at radius 1 is 1.50 bits per heavy atom. The van der Waals surface area contributed by atoms with Crippen LogP contribution >= 0.6 is 11.6 Å². The van der Waals surface area contributed by atoms with Gasteiger partial charge < -0.3 is 20.4 Å². The molecule has 7 nitrogen and oxygen atoms in total. The Morgan fingerprint density at radius 2 is 2.27 bits per heavy atom. The van der Waals surface area contributed by atoms with Crippen LogP contribution in [-0.4, -0.2) is 43.1 Å². The van der Waals surface area contributed by atoms with Crippen molar-refractivity contribution in [3.05, 3.63) is 23.2 Å². The number of carbonyl (C=O) groups excluding carboxylic acids is 1. The minimum atomic E-state index is -0.946. The Labute approximate surface area is 131 Å². The van der Waals surface area contributed by atoms with Crippen LogP contribution in [0.4, 0.5) is 0 Å². The third kappa shape index (κ3) is 2.90. The van der Waals surface area contributed by atoms with Gasteiger partial charge in [0.25, 0.3) is 0 Å². The smallest absolute Gasteiger partial charge is 0.227 e. The molecule has 4 N–H and O–H groups in total. The summed E-state index contributed by atoms with van der Waals surface area (Å²) in [7, 11) is 0. The highest BCUT2D eigenvalue weighted by Gasteiger charge is 2.16. The van der Waals surface area contributed by atoms with Gasteiger partial charge in [-0.15, -0.1) is 0 Å². The molecular formula is C14H16ClN5O2. The first-order chi connectivity index (χ1) is 10.3. The third-order valence-corrected chi connectivity index (χ3v) is 3.50. The van der Waals surface area contributed by atoms with Crippen LogP contribution in [0.3, 0.4) is 0 Å². The summed E-state index contributed by atoms with van der Waals surface area (Å²) in [5.41, 5.74) is 1.12. The lowest BCUT2D eigenvalue weighted by molar-refractivity contribution is -0.121. The Hall–Kier alpha value is -2.12. The van der Waals surface area contributed by atoms with Gasteiger partial charge in [-0.05, 0) is 13.8 Å². The molecule has 116 valence electrons. The Morgan fingerprint density at radius 3 is 3.00 bits per heavy atom. The van der Waals surface area contributed by atoms with Crippen LogP contribution in [0.2, 0.25) is 5.02 Å². The molecule has 3 aromatic heterocycles. The molecule has 0 aromatic carbocycles. The van der Waals surface area contributed by atoms with E-state index in [1.165, 1.54) is 0 Å². The highest BCUT2D eigenvalue weighted by atomic mass is 35.5. The second kappa shape index (κ2) is 5.26. The first-order valence-corrected chi connectivity index (χ1v) is 7.20. The number of rotatable bonds is 4. The second-order valence-electron chi connectivity index (χ2n) is 5.83. The molecule has 0 unspecified atom stereocenters. The summed E-state index contributed by atoms with van der Waals surface area (Å²) in [5.74, 6) is 0.306. The summed E-state index contributed by atoms with van der Waals surface area (Å²) in [4.78, 5) is 26.6. The average molecular weight is 322 g/mol. The van der Waals surface area contributed by atoms with Crippen LogP contribution in [0.15, 0.2) is 12.4 Å². The molecular weight excluding hydrogens is 306 g/mol. The third-order valence-electron chi connectivity index (χ3n) is 3.20. The van der Waals surface area contributed by atoms with Crippen molar-refractivity contribution in [3.63, 3.8) is 0 Å². The van der Waals surface area contributed by atoms with Crippen LogP contribution in [0, 0.1) is 0 Å². The quantitative estimate of drug-likeness (QED) is 0.584. The number of imidazole rings is 1. The second-order valence-corrected chi connectivity index (χ2v) is 6.24. The van der Waals surface area contributed by atoms with E-state index >= 15 is 0 Å². The summed E-state index contributed by atoms with van der Waals surface area (Å²) in [6.07, 6.45) is 3.38. The SMILES string of the molecule is CC(C)(O)CNC(=O)Cc1nc2cnc3[nH]cc(Cl)c3c2[nH]1. The van der Waals surface area contributed by atoms with E-state index in [4.69, 9.17) is 11.6 Å². The maximum atomic E-state index is 11.9. The topological polar surface area (TPSA) is 107 Å². The first-order valence-electron chi connectivity index (χ1n) is 6.83. The van der Waals surface area contributed by atoms with E-state index in [2.05, 4.69) is 25.3 Å². The molecule has 1 amide bonds. The molecule has 8 heteroatoms. The van der Waals surface area contributed by atoms with Gasteiger partial charge in [0.15, 0.2) is 0 Å². The molecule has 3 aromatic rings. The number of hydrogen-bond acceptors (Lipinski definition) is 4. The minimum Gasteiger partial charge on any atom is -0.389 e. The molecule has 0 spiro atoms. The van der Waals surface area contributed by atoms with Gasteiger partial charge in [0.1, 0.15) is 17.0 Å². The van der Waals surface area contributed by atoms with Crippen LogP contribution in [0.5, 0.6) is 0 Å². The molecule has 0 radical (unpaired) electrons. The summed E-state index contributed by atoms with van der Waals surface area (Å²) in [5, 5.41) is 13.6. The van der Waals surface area contributed by atoms with E-state index in [0.29, 0.717) is 22.0 Å². The number of aromatic amines is 2. The Kier molecular flexibility index (Phi) is 3.54. The predicted octanol–water partition coefficient (Wildman–Crippen LogP) is 1.52. The standard InChI is InChI=1S/C14H16ClN5O2/c1-14(2,22)6-18-10(21)3-9-19-8-5-17-13-11(12(8)20-9)7(15)4-16-13/h4-5,22H,3,6H2,1-2H3,(H,16,17)(H,18,21)(H,19,20). The van der Waals surface area contributed by atoms with Crippen molar-refractivity contribution in [2.75, 3.05) is 6.54 Å². The van der Waals surface area contributed by atoms with Crippen molar-refractivity contribution < 1.29 is 9.90 Å². The summed E-state index contributed by atoms with van der Waals surface area (Å²) in [6, 6.07) is 0. The highest BCUT2D eigenvalue weighted by Crippen LogP contribution is 2.28. The number of aromatic nitrogens is 4. The molecule has 0 saturated carbocycles. The lowest BCUT2D eigenvalue weighted by atomic mass is 10.1. The maximum absolute atomic E-state index is 11.9. The van der Waals surface area contributed by atoms with Crippen molar-refractivity contribution in [3.8, 4) is 0 Å². The first kappa shape index (κ1) is 14.8. The largest absolute Gasteiger partial charge is 0.389 e. The van der Waals surface area contributed by atoms with E-state index < -0.39 is 5.60 Å². The molecule has 0 saturated heterocycles. The van der Waals surface area contributed by atoms with E-state index in [-0.39, 0.29) is 18.9 Å². The van der Waals surface area contributed by atoms with Gasteiger partial charge >= 0.3 is 0 Å². The van der Waals surface area contributed by atoms with Crippen molar-refractivity contribution in [2.24, 2.45) is 0 Å². The summed E-state index contributed by atoms with van der Waals surface area (Å²) in [6.45, 7) is 3.44. The van der Waals surface area contributed by atoms with Gasteiger partial charge in [-0.2, -0.15) is 0 Å². The van der Waals surface area contributed by atoms with Crippen LogP contribution in [0.1, 0.15) is 19.7 Å². The van der Waals surface area contributed by atoms with E-state index in [9.17, 15) is 9.90 Å². The predicted molar refractivity (Wildman–Crippen MR) is 83.8 cm³/mol. The van der Waals surface area contributed by atoms with E-state index in [1.54, 1.807) is 26.2 Å². The number of nitrogens with zero attached hydrogens (tertiary/aromatic N) is 2. The summed E-state index contributed by atoms with van der Waals surface area (Å²) >= 11 is 6.14. The fourth-order valence-corrected chi connectivity index (χ4v) is 2.43. The number of halogens is 1. The molecule has 22 heavy (non-hydrogen) atoms. The lowest BCUT2D eigenvalue weighted by Crippen LogP contribution is -2.38. The Balaban J connectivity index is 1.85. The molecule has 0 atom stereocenters. The van der Waals surface area contributed by atoms with Crippen molar-refractivity contribution in [1.82, 2.24) is 25.3 Å². The van der Waals surface area contributed by atoms with Gasteiger partial charge in [-0.25, -0.2) is 9.97 Å². The van der Waals surface area contributed by atoms with Gasteiger partial charge in [0.05, 0.1) is 34.1 Å². The van der Waals surface area contributed by atoms with Crippen LogP contribution in [-0.2, 0) is 11.2 Å². The lowest BCUT2D eigenvalue weighted by Gasteiger charge is -2.17. The molecule has 0 fully saturated rings. The highest BCUT2D eigenvalue weighted by molar-refractivity contribution is 6.37. The number of pyridine rings is 1. The fraction of sp³-hybridized carbons (Fsp3) is 0.357. The van der Waals surface area contributed by atoms with Gasteiger partial charge in [0, 0.05) is 12.7 Å². The number of aliphatic hydroxyl groups is 1. The maximum Gasteiger partial charge on any atom is 0.227 e. The number of hydrogen-bond donors (Lipinski definition) is 4. The molecule has 3 heterocycles. The zero-order chi connectivity index (χ0) is 15.9. The molecule has 0 bridgehead atoms. The average Bonchev–Trinajstić information content (AvgIpc) is 2.98. The summed E-state index contributed by atoms with van der Waals surface area (Å²) < 4.78 is 0. The van der Waals surface area contributed by atoms with Crippen molar-refractivity contribution >= 4 is 39.6 Å². The van der Waals surface area contributed by atoms with Crippen LogP contribution in [0.25, 0.3) is 22.1 Å². The van der Waals surface area contributed by atoms with E-state index in [1.807, 2.05) is 0 Å². The number of carbonyl (C=O) groups is 1. The van der Waals surface area contributed by atoms with Gasteiger partial charge in [-0.1, -0.05) is 11.6 Å². The van der Waals surface area contributed by atoms with Crippen LogP contribution < -0.4 is 5.32 Å². The Bertz CT molecular complexity index is 846. The molecule has 0 aliphatic heterocycles. The number of H-pyrrole nitrogens is 2. The monoisotopic (exact) mass is 321 g/mol. The number of fused-ring (bicyclic) bond motifs is 3. The number of nitrogens with one attached hydrogen (secondary N) is 3. The number of amides is 1. The molecule has 0 aliphatic carbocycles. The molecule has 0 aliphatic rings. The van der Waals surface area contributed by atoms with E-state index in [0.717, 1.165) is 10.9 Å². The fourth-order valence-electron chi connectivity index (χ4n) is 2.19. The molecule has 3 rings (SSSR count). The van der Waals surface area contributed by atoms with Gasteiger partial charge in [0.2, 0.25) is 5.91 Å². The normalized spacial score (nSPS) is 12.2.